The fraction of sp³-hybridized carbons (Fsp3) is 0.121. The molecule has 0 radical (unpaired) electrons. The molecule has 4 aromatic carbocycles. The van der Waals surface area contributed by atoms with Crippen LogP contribution in [0.3, 0.4) is 0 Å². The topological polar surface area (TPSA) is 117 Å². The number of hydrogen-bond acceptors (Lipinski definition) is 6. The predicted octanol–water partition coefficient (Wildman–Crippen LogP) is 7.60. The predicted molar refractivity (Wildman–Crippen MR) is 172 cm³/mol. The molecule has 0 bridgehead atoms. The van der Waals surface area contributed by atoms with Gasteiger partial charge in [0.15, 0.2) is 0 Å². The van der Waals surface area contributed by atoms with Gasteiger partial charge in [-0.05, 0) is 73.7 Å². The molecular weight excluding hydrogens is 643 g/mol. The lowest BCUT2D eigenvalue weighted by Crippen LogP contribution is -2.30. The average Bonchev–Trinajstić information content (AvgIpc) is 3.02. The molecule has 4 rings (SSSR count). The van der Waals surface area contributed by atoms with E-state index >= 15 is 0 Å². The lowest BCUT2D eigenvalue weighted by Gasteiger charge is -2.16. The molecule has 13 heteroatoms. The molecule has 0 aliphatic rings. The van der Waals surface area contributed by atoms with Crippen LogP contribution in [-0.4, -0.2) is 35.2 Å². The van der Waals surface area contributed by atoms with Crippen molar-refractivity contribution in [3.8, 4) is 11.5 Å². The summed E-state index contributed by atoms with van der Waals surface area (Å²) < 4.78 is 44.7. The van der Waals surface area contributed by atoms with Crippen molar-refractivity contribution in [2.45, 2.75) is 23.2 Å². The van der Waals surface area contributed by atoms with Crippen LogP contribution in [0.4, 0.5) is 24.5 Å². The van der Waals surface area contributed by atoms with E-state index in [4.69, 9.17) is 16.3 Å². The molecular formula is C33H27ClF3N3O5S. The molecule has 8 nitrogen and oxygen atoms in total. The summed E-state index contributed by atoms with van der Waals surface area (Å²) in [5, 5.41) is 16.8. The molecule has 0 fully saturated rings. The minimum absolute atomic E-state index is 0.0450. The lowest BCUT2D eigenvalue weighted by atomic mass is 10.1. The minimum Gasteiger partial charge on any atom is -0.508 e. The third-order valence-electron chi connectivity index (χ3n) is 6.37. The fourth-order valence-electron chi connectivity index (χ4n) is 4.05. The van der Waals surface area contributed by atoms with Crippen molar-refractivity contribution in [1.29, 1.82) is 0 Å². The van der Waals surface area contributed by atoms with Gasteiger partial charge in [-0.1, -0.05) is 35.9 Å². The molecule has 46 heavy (non-hydrogen) atoms. The van der Waals surface area contributed by atoms with Gasteiger partial charge in [0.1, 0.15) is 17.2 Å². The Balaban J connectivity index is 1.51. The summed E-state index contributed by atoms with van der Waals surface area (Å²) in [6.45, 7) is 1.57. The number of phenols is 1. The molecule has 0 saturated heterocycles. The summed E-state index contributed by atoms with van der Waals surface area (Å²) in [6.07, 6.45) is -3.21. The average molecular weight is 670 g/mol. The van der Waals surface area contributed by atoms with Crippen molar-refractivity contribution >= 4 is 58.5 Å². The summed E-state index contributed by atoms with van der Waals surface area (Å²) in [5.41, 5.74) is -0.187. The second-order valence-electron chi connectivity index (χ2n) is 9.73. The van der Waals surface area contributed by atoms with E-state index in [1.54, 1.807) is 61.5 Å². The SMILES string of the molecule is COc1cc(O)ccc1/C=C(/NC(=O)c1ccccc1)C(=O)Nc1cccc(SC(C)C(=O)Nc2cc(C(F)(F)F)ccc2Cl)c1. The monoisotopic (exact) mass is 669 g/mol. The van der Waals surface area contributed by atoms with Gasteiger partial charge in [-0.3, -0.25) is 14.4 Å². The van der Waals surface area contributed by atoms with Crippen LogP contribution in [0.2, 0.25) is 5.02 Å². The molecule has 238 valence electrons. The van der Waals surface area contributed by atoms with Gasteiger partial charge in [-0.25, -0.2) is 0 Å². The number of ether oxygens (including phenoxy) is 1. The summed E-state index contributed by atoms with van der Waals surface area (Å²) in [6, 6.07) is 21.8. The number of benzene rings is 4. The Morgan fingerprint density at radius 2 is 1.67 bits per heavy atom. The molecule has 1 atom stereocenters. The van der Waals surface area contributed by atoms with Gasteiger partial charge >= 0.3 is 6.18 Å². The molecule has 4 aromatic rings. The molecule has 0 spiro atoms. The zero-order valence-corrected chi connectivity index (χ0v) is 25.9. The Morgan fingerprint density at radius 1 is 0.935 bits per heavy atom. The lowest BCUT2D eigenvalue weighted by molar-refractivity contribution is -0.137. The van der Waals surface area contributed by atoms with Gasteiger partial charge in [-0.2, -0.15) is 13.2 Å². The second kappa shape index (κ2) is 14.9. The van der Waals surface area contributed by atoms with Crippen molar-refractivity contribution in [1.82, 2.24) is 5.32 Å². The molecule has 1 unspecified atom stereocenters. The van der Waals surface area contributed by atoms with Crippen LogP contribution >= 0.6 is 23.4 Å². The van der Waals surface area contributed by atoms with Crippen molar-refractivity contribution in [2.75, 3.05) is 17.7 Å². The Bertz CT molecular complexity index is 1780. The molecule has 3 amide bonds. The molecule has 0 aliphatic heterocycles. The van der Waals surface area contributed by atoms with Crippen LogP contribution in [0.1, 0.15) is 28.4 Å². The molecule has 0 saturated carbocycles. The normalized spacial score (nSPS) is 12.2. The number of amides is 3. The van der Waals surface area contributed by atoms with Gasteiger partial charge in [0, 0.05) is 27.8 Å². The number of carbonyl (C=O) groups excluding carboxylic acids is 3. The number of rotatable bonds is 10. The maximum Gasteiger partial charge on any atom is 0.416 e. The summed E-state index contributed by atoms with van der Waals surface area (Å²) in [5.74, 6) is -1.59. The first-order valence-electron chi connectivity index (χ1n) is 13.5. The number of phenolic OH excluding ortho intramolecular Hbond substituents is 1. The summed E-state index contributed by atoms with van der Waals surface area (Å²) in [7, 11) is 1.40. The highest BCUT2D eigenvalue weighted by Crippen LogP contribution is 2.35. The van der Waals surface area contributed by atoms with E-state index in [1.807, 2.05) is 0 Å². The maximum absolute atomic E-state index is 13.5. The number of nitrogens with one attached hydrogen (secondary N) is 3. The number of alkyl halides is 3. The standard InChI is InChI=1S/C33H27ClF3N3O5S/c1-19(30(42)39-27-16-22(33(35,36)37)12-14-26(27)34)46-25-10-6-9-23(17-25)38-32(44)28(40-31(43)20-7-4-3-5-8-20)15-21-11-13-24(41)18-29(21)45-2/h3-19,41H,1-2H3,(H,38,44)(H,39,42)(H,40,43)/b28-15+. The number of anilines is 2. The van der Waals surface area contributed by atoms with E-state index in [0.717, 1.165) is 30.0 Å². The molecule has 0 aliphatic carbocycles. The highest BCUT2D eigenvalue weighted by molar-refractivity contribution is 8.00. The zero-order valence-electron chi connectivity index (χ0n) is 24.3. The Kier molecular flexibility index (Phi) is 11.0. The van der Waals surface area contributed by atoms with E-state index in [0.29, 0.717) is 21.7 Å². The van der Waals surface area contributed by atoms with Crippen molar-refractivity contribution in [3.63, 3.8) is 0 Å². The number of methoxy groups -OCH3 is 1. The van der Waals surface area contributed by atoms with E-state index in [2.05, 4.69) is 16.0 Å². The van der Waals surface area contributed by atoms with Crippen LogP contribution in [0.15, 0.2) is 102 Å². The quantitative estimate of drug-likeness (QED) is 0.102. The van der Waals surface area contributed by atoms with Crippen LogP contribution in [0.25, 0.3) is 6.08 Å². The van der Waals surface area contributed by atoms with Crippen molar-refractivity contribution in [3.05, 3.63) is 118 Å². The van der Waals surface area contributed by atoms with Crippen LogP contribution in [0.5, 0.6) is 11.5 Å². The molecule has 0 aromatic heterocycles. The summed E-state index contributed by atoms with van der Waals surface area (Å²) >= 11 is 7.11. The van der Waals surface area contributed by atoms with Crippen LogP contribution in [-0.2, 0) is 15.8 Å². The van der Waals surface area contributed by atoms with Crippen molar-refractivity contribution in [2.24, 2.45) is 0 Å². The number of halogens is 4. The number of carbonyl (C=O) groups is 3. The first-order valence-corrected chi connectivity index (χ1v) is 14.8. The van der Waals surface area contributed by atoms with Crippen LogP contribution in [0, 0.1) is 0 Å². The number of thioether (sulfide) groups is 1. The Morgan fingerprint density at radius 3 is 2.37 bits per heavy atom. The number of aromatic hydroxyl groups is 1. The smallest absolute Gasteiger partial charge is 0.416 e. The van der Waals surface area contributed by atoms with Gasteiger partial charge in [0.05, 0.1) is 28.6 Å². The Hall–Kier alpha value is -4.94. The van der Waals surface area contributed by atoms with Crippen molar-refractivity contribution < 1.29 is 37.4 Å². The third-order valence-corrected chi connectivity index (χ3v) is 7.79. The van der Waals surface area contributed by atoms with E-state index < -0.39 is 34.7 Å². The highest BCUT2D eigenvalue weighted by Gasteiger charge is 2.31. The maximum atomic E-state index is 13.5. The van der Waals surface area contributed by atoms with Gasteiger partial charge < -0.3 is 25.8 Å². The van der Waals surface area contributed by atoms with Crippen LogP contribution < -0.4 is 20.7 Å². The van der Waals surface area contributed by atoms with E-state index in [-0.39, 0.29) is 27.9 Å². The van der Waals surface area contributed by atoms with E-state index in [1.165, 1.54) is 31.4 Å². The largest absolute Gasteiger partial charge is 0.508 e. The fourth-order valence-corrected chi connectivity index (χ4v) is 5.14. The first kappa shape index (κ1) is 33.9. The second-order valence-corrected chi connectivity index (χ2v) is 11.5. The molecule has 4 N–H and O–H groups in total. The zero-order chi connectivity index (χ0) is 33.4. The third kappa shape index (κ3) is 9.05. The highest BCUT2D eigenvalue weighted by atomic mass is 35.5. The summed E-state index contributed by atoms with van der Waals surface area (Å²) in [4.78, 5) is 39.8. The molecule has 0 heterocycles. The first-order chi connectivity index (χ1) is 21.8. The van der Waals surface area contributed by atoms with Gasteiger partial charge in [-0.15, -0.1) is 11.8 Å². The minimum atomic E-state index is -4.61. The van der Waals surface area contributed by atoms with E-state index in [9.17, 15) is 32.7 Å². The Labute approximate surface area is 271 Å². The van der Waals surface area contributed by atoms with Gasteiger partial charge in [0.25, 0.3) is 11.8 Å². The van der Waals surface area contributed by atoms with Gasteiger partial charge in [0.2, 0.25) is 5.91 Å². The number of hydrogen-bond donors (Lipinski definition) is 4.